The van der Waals surface area contributed by atoms with Gasteiger partial charge < -0.3 is 10.2 Å². The summed E-state index contributed by atoms with van der Waals surface area (Å²) < 4.78 is 0.908. The Kier molecular flexibility index (Phi) is 6.84. The third kappa shape index (κ3) is 4.61. The maximum absolute atomic E-state index is 12.8. The van der Waals surface area contributed by atoms with Gasteiger partial charge in [0, 0.05) is 28.9 Å². The molecule has 1 N–H and O–H groups in total. The van der Waals surface area contributed by atoms with E-state index in [0.29, 0.717) is 10.6 Å². The first-order valence-electron chi connectivity index (χ1n) is 9.54. The number of nitrogens with zero attached hydrogens (tertiary/aromatic N) is 2. The van der Waals surface area contributed by atoms with Gasteiger partial charge in [-0.15, -0.1) is 0 Å². The number of hydrogen-bond donors (Lipinski definition) is 1. The van der Waals surface area contributed by atoms with Crippen LogP contribution in [0.2, 0.25) is 0 Å². The molecule has 5 nitrogen and oxygen atoms in total. The molecule has 0 spiro atoms. The third-order valence-corrected chi connectivity index (χ3v) is 6.92. The summed E-state index contributed by atoms with van der Waals surface area (Å²) in [5.41, 5.74) is 1.44. The molecule has 2 amide bonds. The smallest absolute Gasteiger partial charge is 0.233 e. The van der Waals surface area contributed by atoms with Crippen LogP contribution < -0.4 is 5.32 Å². The van der Waals surface area contributed by atoms with E-state index in [4.69, 9.17) is 0 Å². The second-order valence-electron chi connectivity index (χ2n) is 7.43. The van der Waals surface area contributed by atoms with Crippen LogP contribution in [0, 0.1) is 11.3 Å². The van der Waals surface area contributed by atoms with Crippen LogP contribution in [0.3, 0.4) is 0 Å². The fraction of sp³-hybridized carbons (Fsp3) is 0.476. The Morgan fingerprint density at radius 2 is 2.07 bits per heavy atom. The molecule has 0 aromatic heterocycles. The minimum Gasteiger partial charge on any atom is -0.337 e. The van der Waals surface area contributed by atoms with Crippen molar-refractivity contribution in [3.05, 3.63) is 44.9 Å². The molecule has 3 atom stereocenters. The van der Waals surface area contributed by atoms with Gasteiger partial charge in [0.15, 0.2) is 0 Å². The van der Waals surface area contributed by atoms with E-state index in [0.717, 1.165) is 29.3 Å². The molecule has 148 valence electrons. The molecule has 1 fully saturated rings. The lowest BCUT2D eigenvalue weighted by Crippen LogP contribution is -2.48. The van der Waals surface area contributed by atoms with Crippen LogP contribution in [-0.2, 0) is 9.59 Å². The largest absolute Gasteiger partial charge is 0.337 e. The summed E-state index contributed by atoms with van der Waals surface area (Å²) in [6.45, 7) is 4.17. The van der Waals surface area contributed by atoms with Crippen molar-refractivity contribution in [2.45, 2.75) is 57.5 Å². The second kappa shape index (κ2) is 9.15. The van der Waals surface area contributed by atoms with E-state index in [1.807, 2.05) is 29.2 Å². The van der Waals surface area contributed by atoms with Crippen molar-refractivity contribution in [2.75, 3.05) is 5.75 Å². The number of thioether (sulfide) groups is 1. The number of piperidine rings is 1. The predicted molar refractivity (Wildman–Crippen MR) is 114 cm³/mol. The van der Waals surface area contributed by atoms with Gasteiger partial charge in [0.05, 0.1) is 22.4 Å². The standard InChI is InChI=1S/C21H24BrN3O2S/c1-13-5-3-6-14(2)25(13)20(27)12-28-21-18(11-23)17(10-19(26)24-21)15-7-4-8-16(22)9-15/h4,7-9,13-14,17H,3,5-6,10,12H2,1-2H3,(H,24,26)/t13-,14-,17-/m1/s1. The Bertz CT molecular complexity index is 838. The monoisotopic (exact) mass is 461 g/mol. The molecule has 2 aliphatic rings. The Balaban J connectivity index is 1.79. The predicted octanol–water partition coefficient (Wildman–Crippen LogP) is 4.31. The van der Waals surface area contributed by atoms with Gasteiger partial charge in [0.25, 0.3) is 0 Å². The molecule has 2 heterocycles. The van der Waals surface area contributed by atoms with Crippen LogP contribution in [0.4, 0.5) is 0 Å². The zero-order valence-corrected chi connectivity index (χ0v) is 18.5. The topological polar surface area (TPSA) is 73.2 Å². The van der Waals surface area contributed by atoms with Crippen LogP contribution in [0.15, 0.2) is 39.3 Å². The van der Waals surface area contributed by atoms with Crippen molar-refractivity contribution >= 4 is 39.5 Å². The molecule has 0 saturated carbocycles. The number of rotatable bonds is 4. The summed E-state index contributed by atoms with van der Waals surface area (Å²) in [5, 5.41) is 13.1. The van der Waals surface area contributed by atoms with Gasteiger partial charge in [0.1, 0.15) is 0 Å². The highest BCUT2D eigenvalue weighted by Gasteiger charge is 2.32. The molecule has 28 heavy (non-hydrogen) atoms. The van der Waals surface area contributed by atoms with Gasteiger partial charge >= 0.3 is 0 Å². The molecule has 1 saturated heterocycles. The van der Waals surface area contributed by atoms with E-state index in [1.54, 1.807) is 0 Å². The average molecular weight is 462 g/mol. The van der Waals surface area contributed by atoms with Crippen LogP contribution >= 0.6 is 27.7 Å². The van der Waals surface area contributed by atoms with Gasteiger partial charge in [-0.05, 0) is 50.8 Å². The summed E-state index contributed by atoms with van der Waals surface area (Å²) in [5.74, 6) is -0.130. The molecule has 1 aromatic carbocycles. The summed E-state index contributed by atoms with van der Waals surface area (Å²) in [6.07, 6.45) is 3.42. The molecule has 0 aliphatic carbocycles. The number of hydrogen-bond acceptors (Lipinski definition) is 4. The van der Waals surface area contributed by atoms with Crippen molar-refractivity contribution in [1.82, 2.24) is 10.2 Å². The zero-order chi connectivity index (χ0) is 20.3. The lowest BCUT2D eigenvalue weighted by molar-refractivity contribution is -0.134. The first kappa shape index (κ1) is 20.9. The number of benzene rings is 1. The van der Waals surface area contributed by atoms with Crippen LogP contribution in [0.25, 0.3) is 0 Å². The SMILES string of the molecule is C[C@@H]1CCC[C@@H](C)N1C(=O)CSC1=C(C#N)[C@@H](c2cccc(Br)c2)CC(=O)N1. The lowest BCUT2D eigenvalue weighted by Gasteiger charge is -2.39. The number of nitriles is 1. The van der Waals surface area contributed by atoms with Gasteiger partial charge in [-0.3, -0.25) is 9.59 Å². The quantitative estimate of drug-likeness (QED) is 0.724. The minimum absolute atomic E-state index is 0.0633. The first-order chi connectivity index (χ1) is 13.4. The summed E-state index contributed by atoms with van der Waals surface area (Å²) in [4.78, 5) is 27.1. The Labute approximate surface area is 178 Å². The van der Waals surface area contributed by atoms with Crippen molar-refractivity contribution in [3.63, 3.8) is 0 Å². The first-order valence-corrected chi connectivity index (χ1v) is 11.3. The number of halogens is 1. The number of nitrogens with one attached hydrogen (secondary N) is 1. The number of allylic oxidation sites excluding steroid dienone is 1. The molecule has 0 bridgehead atoms. The molecular weight excluding hydrogens is 438 g/mol. The van der Waals surface area contributed by atoms with Gasteiger partial charge in [-0.25, -0.2) is 0 Å². The average Bonchev–Trinajstić information content (AvgIpc) is 2.65. The Morgan fingerprint density at radius 1 is 1.36 bits per heavy atom. The normalized spacial score (nSPS) is 25.3. The van der Waals surface area contributed by atoms with Gasteiger partial charge in [-0.1, -0.05) is 39.8 Å². The minimum atomic E-state index is -0.290. The molecule has 0 unspecified atom stereocenters. The molecular formula is C21H24BrN3O2S. The Hall–Kier alpha value is -1.78. The number of carbonyl (C=O) groups excluding carboxylic acids is 2. The van der Waals surface area contributed by atoms with E-state index in [2.05, 4.69) is 41.2 Å². The lowest BCUT2D eigenvalue weighted by atomic mass is 9.87. The van der Waals surface area contributed by atoms with Crippen molar-refractivity contribution in [2.24, 2.45) is 0 Å². The number of likely N-dealkylation sites (tertiary alicyclic amines) is 1. The highest BCUT2D eigenvalue weighted by atomic mass is 79.9. The van der Waals surface area contributed by atoms with Crippen LogP contribution in [0.1, 0.15) is 51.0 Å². The van der Waals surface area contributed by atoms with Gasteiger partial charge in [0.2, 0.25) is 11.8 Å². The molecule has 0 radical (unpaired) electrons. The van der Waals surface area contributed by atoms with Crippen molar-refractivity contribution in [3.8, 4) is 6.07 Å². The molecule has 1 aromatic rings. The molecule has 3 rings (SSSR count). The van der Waals surface area contributed by atoms with E-state index in [9.17, 15) is 14.9 Å². The van der Waals surface area contributed by atoms with E-state index in [-0.39, 0.29) is 42.0 Å². The van der Waals surface area contributed by atoms with Crippen LogP contribution in [-0.4, -0.2) is 34.6 Å². The van der Waals surface area contributed by atoms with Crippen LogP contribution in [0.5, 0.6) is 0 Å². The molecule has 7 heteroatoms. The summed E-state index contributed by atoms with van der Waals surface area (Å²) in [6, 6.07) is 10.4. The Morgan fingerprint density at radius 3 is 2.71 bits per heavy atom. The van der Waals surface area contributed by atoms with E-state index >= 15 is 0 Å². The van der Waals surface area contributed by atoms with E-state index < -0.39 is 0 Å². The van der Waals surface area contributed by atoms with Crippen molar-refractivity contribution in [1.29, 1.82) is 5.26 Å². The maximum Gasteiger partial charge on any atom is 0.233 e. The fourth-order valence-electron chi connectivity index (χ4n) is 4.06. The second-order valence-corrected chi connectivity index (χ2v) is 9.33. The number of amides is 2. The third-order valence-electron chi connectivity index (χ3n) is 5.43. The van der Waals surface area contributed by atoms with Crippen molar-refractivity contribution < 1.29 is 9.59 Å². The maximum atomic E-state index is 12.8. The molecule has 2 aliphatic heterocycles. The zero-order valence-electron chi connectivity index (χ0n) is 16.1. The fourth-order valence-corrected chi connectivity index (χ4v) is 5.43. The van der Waals surface area contributed by atoms with Gasteiger partial charge in [-0.2, -0.15) is 5.26 Å². The number of carbonyl (C=O) groups is 2. The summed E-state index contributed by atoms with van der Waals surface area (Å²) >= 11 is 4.72. The van der Waals surface area contributed by atoms with E-state index in [1.165, 1.54) is 11.8 Å². The summed E-state index contributed by atoms with van der Waals surface area (Å²) in [7, 11) is 0. The highest BCUT2D eigenvalue weighted by molar-refractivity contribution is 9.10. The highest BCUT2D eigenvalue weighted by Crippen LogP contribution is 2.37.